The second-order valence-corrected chi connectivity index (χ2v) is 4.75. The maximum Gasteiger partial charge on any atom is 0.161 e. The summed E-state index contributed by atoms with van der Waals surface area (Å²) in [5.74, 6) is -2.92. The number of ether oxygens (including phenoxy) is 1. The Morgan fingerprint density at radius 3 is 2.68 bits per heavy atom. The first-order valence-corrected chi connectivity index (χ1v) is 6.20. The van der Waals surface area contributed by atoms with Crippen molar-refractivity contribution in [2.45, 2.75) is 12.6 Å². The molecule has 1 aliphatic heterocycles. The summed E-state index contributed by atoms with van der Waals surface area (Å²) in [6, 6.07) is 1.48. The molecule has 1 unspecified atom stereocenters. The number of halogens is 3. The molecule has 1 aliphatic rings. The fraction of sp³-hybridized carbons (Fsp3) is 0.538. The molecule has 0 spiro atoms. The van der Waals surface area contributed by atoms with Crippen molar-refractivity contribution in [1.29, 1.82) is 0 Å². The molecule has 1 N–H and O–H groups in total. The van der Waals surface area contributed by atoms with Gasteiger partial charge in [-0.15, -0.1) is 0 Å². The molecule has 1 heterocycles. The summed E-state index contributed by atoms with van der Waals surface area (Å²) in [5.41, 5.74) is 0.144. The van der Waals surface area contributed by atoms with Crippen molar-refractivity contribution in [1.82, 2.24) is 10.2 Å². The zero-order valence-corrected chi connectivity index (χ0v) is 10.8. The first-order valence-electron chi connectivity index (χ1n) is 6.20. The maximum absolute atomic E-state index is 13.5. The largest absolute Gasteiger partial charge is 0.374 e. The van der Waals surface area contributed by atoms with Crippen molar-refractivity contribution >= 4 is 0 Å². The first kappa shape index (κ1) is 14.3. The Bertz CT molecular complexity index is 436. The minimum atomic E-state index is -1.16. The molecule has 6 heteroatoms. The summed E-state index contributed by atoms with van der Waals surface area (Å²) in [4.78, 5) is 1.83. The molecule has 2 rings (SSSR count). The van der Waals surface area contributed by atoms with E-state index in [9.17, 15) is 13.2 Å². The van der Waals surface area contributed by atoms with Gasteiger partial charge in [-0.25, -0.2) is 13.2 Å². The average Bonchev–Trinajstić information content (AvgIpc) is 2.37. The number of hydrogen-bond acceptors (Lipinski definition) is 3. The third-order valence-corrected chi connectivity index (χ3v) is 3.05. The summed E-state index contributed by atoms with van der Waals surface area (Å²) in [6.45, 7) is 3.04. The van der Waals surface area contributed by atoms with Crippen LogP contribution in [-0.4, -0.2) is 44.3 Å². The van der Waals surface area contributed by atoms with E-state index in [1.807, 2.05) is 4.90 Å². The second-order valence-electron chi connectivity index (χ2n) is 4.75. The van der Waals surface area contributed by atoms with E-state index in [0.29, 0.717) is 19.2 Å². The summed E-state index contributed by atoms with van der Waals surface area (Å²) in [6.07, 6.45) is 0.0344. The fourth-order valence-electron chi connectivity index (χ4n) is 2.12. The van der Waals surface area contributed by atoms with Gasteiger partial charge in [0.05, 0.1) is 12.7 Å². The molecule has 0 bridgehead atoms. The van der Waals surface area contributed by atoms with Gasteiger partial charge in [-0.3, -0.25) is 4.90 Å². The van der Waals surface area contributed by atoms with E-state index >= 15 is 0 Å². The lowest BCUT2D eigenvalue weighted by atomic mass is 10.2. The highest BCUT2D eigenvalue weighted by Crippen LogP contribution is 2.15. The van der Waals surface area contributed by atoms with E-state index in [-0.39, 0.29) is 18.2 Å². The highest BCUT2D eigenvalue weighted by molar-refractivity contribution is 5.20. The number of likely N-dealkylation sites (N-methyl/N-ethyl adjacent to an activating group) is 1. The van der Waals surface area contributed by atoms with Crippen LogP contribution in [0.1, 0.15) is 5.56 Å². The van der Waals surface area contributed by atoms with E-state index in [1.54, 1.807) is 7.05 Å². The molecule has 1 saturated heterocycles. The van der Waals surface area contributed by atoms with Gasteiger partial charge in [-0.05, 0) is 13.1 Å². The van der Waals surface area contributed by atoms with E-state index in [4.69, 9.17) is 4.74 Å². The predicted octanol–water partition coefficient (Wildman–Crippen LogP) is 1.52. The Kier molecular flexibility index (Phi) is 4.79. The highest BCUT2D eigenvalue weighted by atomic mass is 19.2. The van der Waals surface area contributed by atoms with Gasteiger partial charge in [0.1, 0.15) is 5.82 Å². The zero-order valence-electron chi connectivity index (χ0n) is 10.8. The lowest BCUT2D eigenvalue weighted by molar-refractivity contribution is 0.00868. The Morgan fingerprint density at radius 1 is 1.26 bits per heavy atom. The Labute approximate surface area is 110 Å². The van der Waals surface area contributed by atoms with Gasteiger partial charge in [-0.2, -0.15) is 0 Å². The third-order valence-electron chi connectivity index (χ3n) is 3.05. The Balaban J connectivity index is 1.94. The van der Waals surface area contributed by atoms with Gasteiger partial charge in [-0.1, -0.05) is 0 Å². The van der Waals surface area contributed by atoms with Crippen molar-refractivity contribution in [2.75, 3.05) is 33.3 Å². The van der Waals surface area contributed by atoms with Crippen LogP contribution >= 0.6 is 0 Å². The molecule has 0 radical (unpaired) electrons. The van der Waals surface area contributed by atoms with Crippen LogP contribution < -0.4 is 5.32 Å². The van der Waals surface area contributed by atoms with Gasteiger partial charge in [0.2, 0.25) is 0 Å². The third kappa shape index (κ3) is 3.92. The Morgan fingerprint density at radius 2 is 2.00 bits per heavy atom. The van der Waals surface area contributed by atoms with Gasteiger partial charge in [0, 0.05) is 37.8 Å². The standard InChI is InChI=1S/C13H17F3N2O/c1-18(8-10-6-17-2-3-19-10)7-9-4-12(15)13(16)5-11(9)14/h4-5,10,17H,2-3,6-8H2,1H3. The molecule has 19 heavy (non-hydrogen) atoms. The predicted molar refractivity (Wildman–Crippen MR) is 65.3 cm³/mol. The van der Waals surface area contributed by atoms with Crippen LogP contribution in [0.3, 0.4) is 0 Å². The molecular weight excluding hydrogens is 257 g/mol. The first-order chi connectivity index (χ1) is 9.06. The van der Waals surface area contributed by atoms with Crippen LogP contribution in [0.2, 0.25) is 0 Å². The minimum absolute atomic E-state index is 0.0344. The van der Waals surface area contributed by atoms with Gasteiger partial charge >= 0.3 is 0 Å². The molecule has 3 nitrogen and oxygen atoms in total. The van der Waals surface area contributed by atoms with Gasteiger partial charge in [0.15, 0.2) is 11.6 Å². The molecule has 1 atom stereocenters. The second kappa shape index (κ2) is 6.36. The molecule has 0 saturated carbocycles. The SMILES string of the molecule is CN(Cc1cc(F)c(F)cc1F)CC1CNCCO1. The van der Waals surface area contributed by atoms with Crippen LogP contribution in [0.4, 0.5) is 13.2 Å². The molecule has 0 aliphatic carbocycles. The molecule has 0 amide bonds. The molecule has 106 valence electrons. The van der Waals surface area contributed by atoms with E-state index < -0.39 is 17.5 Å². The molecule has 1 aromatic carbocycles. The molecule has 1 aromatic rings. The van der Waals surface area contributed by atoms with Gasteiger partial charge < -0.3 is 10.1 Å². The number of benzene rings is 1. The zero-order chi connectivity index (χ0) is 13.8. The van der Waals surface area contributed by atoms with Crippen molar-refractivity contribution < 1.29 is 17.9 Å². The minimum Gasteiger partial charge on any atom is -0.374 e. The van der Waals surface area contributed by atoms with Crippen molar-refractivity contribution in [3.05, 3.63) is 35.1 Å². The summed E-state index contributed by atoms with van der Waals surface area (Å²) >= 11 is 0. The van der Waals surface area contributed by atoms with Crippen molar-refractivity contribution in [2.24, 2.45) is 0 Å². The maximum atomic E-state index is 13.5. The average molecular weight is 274 g/mol. The number of morpholine rings is 1. The van der Waals surface area contributed by atoms with E-state index in [2.05, 4.69) is 5.32 Å². The molecular formula is C13H17F3N2O. The number of hydrogen-bond donors (Lipinski definition) is 1. The molecule has 0 aromatic heterocycles. The lowest BCUT2D eigenvalue weighted by Crippen LogP contribution is -2.44. The van der Waals surface area contributed by atoms with E-state index in [0.717, 1.165) is 19.2 Å². The normalized spacial score (nSPS) is 19.9. The van der Waals surface area contributed by atoms with Crippen LogP contribution in [0.25, 0.3) is 0 Å². The van der Waals surface area contributed by atoms with Gasteiger partial charge in [0.25, 0.3) is 0 Å². The monoisotopic (exact) mass is 274 g/mol. The van der Waals surface area contributed by atoms with Crippen LogP contribution in [0.5, 0.6) is 0 Å². The van der Waals surface area contributed by atoms with Crippen LogP contribution in [0.15, 0.2) is 12.1 Å². The highest BCUT2D eigenvalue weighted by Gasteiger charge is 2.17. The summed E-state index contributed by atoms with van der Waals surface area (Å²) < 4.78 is 44.9. The Hall–Kier alpha value is -1.11. The quantitative estimate of drug-likeness (QED) is 0.843. The van der Waals surface area contributed by atoms with Crippen LogP contribution in [-0.2, 0) is 11.3 Å². The summed E-state index contributed by atoms with van der Waals surface area (Å²) in [7, 11) is 1.79. The van der Waals surface area contributed by atoms with Crippen molar-refractivity contribution in [3.8, 4) is 0 Å². The number of rotatable bonds is 4. The number of nitrogens with one attached hydrogen (secondary N) is 1. The topological polar surface area (TPSA) is 24.5 Å². The smallest absolute Gasteiger partial charge is 0.161 e. The fourth-order valence-corrected chi connectivity index (χ4v) is 2.12. The summed E-state index contributed by atoms with van der Waals surface area (Å²) in [5, 5.41) is 3.20. The number of nitrogens with zero attached hydrogens (tertiary/aromatic N) is 1. The van der Waals surface area contributed by atoms with Crippen molar-refractivity contribution in [3.63, 3.8) is 0 Å². The van der Waals surface area contributed by atoms with E-state index in [1.165, 1.54) is 0 Å². The van der Waals surface area contributed by atoms with Crippen LogP contribution in [0, 0.1) is 17.5 Å². The molecule has 1 fully saturated rings. The lowest BCUT2D eigenvalue weighted by Gasteiger charge is -2.28.